The summed E-state index contributed by atoms with van der Waals surface area (Å²) in [6.07, 6.45) is 5.85. The first-order chi connectivity index (χ1) is 8.59. The van der Waals surface area contributed by atoms with Crippen molar-refractivity contribution in [2.75, 3.05) is 5.73 Å². The number of aliphatic hydroxyl groups excluding tert-OH is 1. The van der Waals surface area contributed by atoms with Gasteiger partial charge < -0.3 is 10.8 Å². The van der Waals surface area contributed by atoms with E-state index < -0.39 is 6.10 Å². The summed E-state index contributed by atoms with van der Waals surface area (Å²) in [6.45, 7) is 4.58. The first kappa shape index (κ1) is 13.3. The summed E-state index contributed by atoms with van der Waals surface area (Å²) in [4.78, 5) is 4.06. The van der Waals surface area contributed by atoms with Crippen LogP contribution in [0.2, 0.25) is 0 Å². The van der Waals surface area contributed by atoms with Gasteiger partial charge in [-0.3, -0.25) is 0 Å². The Bertz CT molecular complexity index is 384. The first-order valence-electron chi connectivity index (χ1n) is 6.98. The lowest BCUT2D eigenvalue weighted by Gasteiger charge is -2.33. The average Bonchev–Trinajstić information content (AvgIpc) is 2.38. The Morgan fingerprint density at radius 2 is 1.83 bits per heavy atom. The molecule has 1 aliphatic rings. The first-order valence-corrected chi connectivity index (χ1v) is 6.98. The molecule has 3 heteroatoms. The third-order valence-corrected chi connectivity index (χ3v) is 4.40. The molecule has 1 aromatic heterocycles. The van der Waals surface area contributed by atoms with Crippen LogP contribution in [-0.2, 0) is 0 Å². The summed E-state index contributed by atoms with van der Waals surface area (Å²) in [5, 5.41) is 10.4. The van der Waals surface area contributed by atoms with Gasteiger partial charge in [0.15, 0.2) is 0 Å². The topological polar surface area (TPSA) is 59.1 Å². The average molecular weight is 248 g/mol. The number of pyridine rings is 1. The van der Waals surface area contributed by atoms with E-state index in [9.17, 15) is 5.11 Å². The summed E-state index contributed by atoms with van der Waals surface area (Å²) < 4.78 is 0. The minimum absolute atomic E-state index is 0.339. The van der Waals surface area contributed by atoms with Crippen LogP contribution in [0.3, 0.4) is 0 Å². The summed E-state index contributed by atoms with van der Waals surface area (Å²) in [7, 11) is 0. The molecule has 3 nitrogen and oxygen atoms in total. The van der Waals surface area contributed by atoms with Gasteiger partial charge in [0.1, 0.15) is 5.82 Å². The lowest BCUT2D eigenvalue weighted by Crippen LogP contribution is -2.23. The molecule has 2 rings (SSSR count). The van der Waals surface area contributed by atoms with Crippen molar-refractivity contribution in [2.24, 2.45) is 17.8 Å². The molecule has 0 radical (unpaired) electrons. The van der Waals surface area contributed by atoms with Gasteiger partial charge in [-0.15, -0.1) is 0 Å². The van der Waals surface area contributed by atoms with E-state index >= 15 is 0 Å². The fraction of sp³-hybridized carbons (Fsp3) is 0.667. The number of nitrogen functional groups attached to an aromatic ring is 1. The molecule has 1 aromatic rings. The molecule has 0 amide bonds. The molecule has 1 heterocycles. The van der Waals surface area contributed by atoms with Gasteiger partial charge in [0.25, 0.3) is 0 Å². The second kappa shape index (κ2) is 5.70. The number of hydrogen-bond donors (Lipinski definition) is 2. The van der Waals surface area contributed by atoms with Crippen LogP contribution in [0.25, 0.3) is 0 Å². The summed E-state index contributed by atoms with van der Waals surface area (Å²) >= 11 is 0. The van der Waals surface area contributed by atoms with Crippen molar-refractivity contribution in [3.05, 3.63) is 23.9 Å². The molecule has 1 aliphatic carbocycles. The Hall–Kier alpha value is -1.09. The van der Waals surface area contributed by atoms with Crippen LogP contribution in [0.1, 0.15) is 51.2 Å². The van der Waals surface area contributed by atoms with Crippen LogP contribution in [0.15, 0.2) is 18.3 Å². The van der Waals surface area contributed by atoms with E-state index in [2.05, 4.69) is 18.8 Å². The quantitative estimate of drug-likeness (QED) is 0.863. The highest BCUT2D eigenvalue weighted by Gasteiger charge is 2.29. The van der Waals surface area contributed by atoms with Crippen LogP contribution in [0, 0.1) is 17.8 Å². The normalized spacial score (nSPS) is 26.2. The van der Waals surface area contributed by atoms with Crippen molar-refractivity contribution in [3.63, 3.8) is 0 Å². The van der Waals surface area contributed by atoms with Gasteiger partial charge in [-0.2, -0.15) is 0 Å². The molecule has 3 N–H and O–H groups in total. The van der Waals surface area contributed by atoms with Gasteiger partial charge in [0.05, 0.1) is 6.10 Å². The van der Waals surface area contributed by atoms with Crippen LogP contribution in [0.4, 0.5) is 5.82 Å². The zero-order chi connectivity index (χ0) is 13.1. The van der Waals surface area contributed by atoms with Gasteiger partial charge in [-0.1, -0.05) is 19.9 Å². The number of nitrogens with zero attached hydrogens (tertiary/aromatic N) is 1. The van der Waals surface area contributed by atoms with Crippen LogP contribution in [0.5, 0.6) is 0 Å². The number of anilines is 1. The second-order valence-electron chi connectivity index (χ2n) is 5.84. The van der Waals surface area contributed by atoms with Gasteiger partial charge in [0, 0.05) is 11.8 Å². The maximum atomic E-state index is 10.4. The van der Waals surface area contributed by atoms with Crippen LogP contribution < -0.4 is 5.73 Å². The Balaban J connectivity index is 2.00. The van der Waals surface area contributed by atoms with E-state index in [1.807, 2.05) is 12.1 Å². The molecule has 18 heavy (non-hydrogen) atoms. The summed E-state index contributed by atoms with van der Waals surface area (Å²) in [5.74, 6) is 2.38. The SMILES string of the molecule is CC(C)C1CCC(C(O)c2cccnc2N)CC1. The largest absolute Gasteiger partial charge is 0.388 e. The third kappa shape index (κ3) is 2.83. The molecule has 1 saturated carbocycles. The van der Waals surface area contributed by atoms with E-state index in [0.29, 0.717) is 11.7 Å². The maximum absolute atomic E-state index is 10.4. The highest BCUT2D eigenvalue weighted by Crippen LogP contribution is 2.40. The number of hydrogen-bond acceptors (Lipinski definition) is 3. The number of rotatable bonds is 3. The van der Waals surface area contributed by atoms with Crippen molar-refractivity contribution >= 4 is 5.82 Å². The Morgan fingerprint density at radius 1 is 1.22 bits per heavy atom. The monoisotopic (exact) mass is 248 g/mol. The van der Waals surface area contributed by atoms with Crippen molar-refractivity contribution in [1.29, 1.82) is 0 Å². The fourth-order valence-corrected chi connectivity index (χ4v) is 3.06. The van der Waals surface area contributed by atoms with Crippen molar-refractivity contribution in [1.82, 2.24) is 4.98 Å². The highest BCUT2D eigenvalue weighted by atomic mass is 16.3. The van der Waals surface area contributed by atoms with Gasteiger partial charge in [0.2, 0.25) is 0 Å². The molecule has 0 saturated heterocycles. The predicted octanol–water partition coefficient (Wildman–Crippen LogP) is 3.16. The molecular weight excluding hydrogens is 224 g/mol. The predicted molar refractivity (Wildman–Crippen MR) is 73.9 cm³/mol. The standard InChI is InChI=1S/C15H24N2O/c1-10(2)11-5-7-12(8-6-11)14(18)13-4-3-9-17-15(13)16/h3-4,9-12,14,18H,5-8H2,1-2H3,(H2,16,17). The molecule has 0 aromatic carbocycles. The lowest BCUT2D eigenvalue weighted by atomic mass is 9.74. The van der Waals surface area contributed by atoms with Crippen molar-refractivity contribution < 1.29 is 5.11 Å². The van der Waals surface area contributed by atoms with Gasteiger partial charge >= 0.3 is 0 Å². The van der Waals surface area contributed by atoms with E-state index in [-0.39, 0.29) is 0 Å². The molecule has 0 aliphatic heterocycles. The number of aromatic nitrogens is 1. The van der Waals surface area contributed by atoms with Crippen LogP contribution in [-0.4, -0.2) is 10.1 Å². The maximum Gasteiger partial charge on any atom is 0.129 e. The molecule has 1 atom stereocenters. The lowest BCUT2D eigenvalue weighted by molar-refractivity contribution is 0.0671. The Morgan fingerprint density at radius 3 is 2.39 bits per heavy atom. The van der Waals surface area contributed by atoms with Crippen molar-refractivity contribution in [2.45, 2.75) is 45.6 Å². The fourth-order valence-electron chi connectivity index (χ4n) is 3.06. The zero-order valence-electron chi connectivity index (χ0n) is 11.3. The minimum atomic E-state index is -0.452. The van der Waals surface area contributed by atoms with Crippen molar-refractivity contribution in [3.8, 4) is 0 Å². The molecule has 1 unspecified atom stereocenters. The Labute approximate surface area is 109 Å². The zero-order valence-corrected chi connectivity index (χ0v) is 11.3. The van der Waals surface area contributed by atoms with E-state index in [0.717, 1.165) is 30.2 Å². The highest BCUT2D eigenvalue weighted by molar-refractivity contribution is 5.40. The molecule has 0 spiro atoms. The molecule has 0 bridgehead atoms. The molecule has 1 fully saturated rings. The molecular formula is C15H24N2O. The Kier molecular flexibility index (Phi) is 4.23. The van der Waals surface area contributed by atoms with Crippen LogP contribution >= 0.6 is 0 Å². The second-order valence-corrected chi connectivity index (χ2v) is 5.84. The van der Waals surface area contributed by atoms with E-state index in [1.165, 1.54) is 12.8 Å². The number of aliphatic hydroxyl groups is 1. The summed E-state index contributed by atoms with van der Waals surface area (Å²) in [6, 6.07) is 3.73. The third-order valence-electron chi connectivity index (χ3n) is 4.40. The minimum Gasteiger partial charge on any atom is -0.388 e. The van der Waals surface area contributed by atoms with Gasteiger partial charge in [-0.05, 0) is 49.5 Å². The van der Waals surface area contributed by atoms with Gasteiger partial charge in [-0.25, -0.2) is 4.98 Å². The summed E-state index contributed by atoms with van der Waals surface area (Å²) in [5.41, 5.74) is 6.63. The number of nitrogens with two attached hydrogens (primary N) is 1. The van der Waals surface area contributed by atoms with E-state index in [4.69, 9.17) is 5.73 Å². The smallest absolute Gasteiger partial charge is 0.129 e. The molecule has 100 valence electrons. The van der Waals surface area contributed by atoms with E-state index in [1.54, 1.807) is 6.20 Å².